The van der Waals surface area contributed by atoms with Crippen molar-refractivity contribution in [2.75, 3.05) is 6.61 Å². The highest BCUT2D eigenvalue weighted by Crippen LogP contribution is 2.72. The quantitative estimate of drug-likeness (QED) is 0.351. The maximum atomic E-state index is 14.2. The Morgan fingerprint density at radius 2 is 1.59 bits per heavy atom. The van der Waals surface area contributed by atoms with Crippen molar-refractivity contribution in [1.82, 2.24) is 0 Å². The Kier molecular flexibility index (Phi) is 5.74. The van der Waals surface area contributed by atoms with Crippen LogP contribution in [0.25, 0.3) is 0 Å². The Labute approximate surface area is 220 Å². The fraction of sp³-hybridized carbons (Fsp3) is 0.833. The van der Waals surface area contributed by atoms with E-state index in [9.17, 15) is 29.7 Å². The van der Waals surface area contributed by atoms with Gasteiger partial charge in [-0.15, -0.1) is 0 Å². The van der Waals surface area contributed by atoms with Gasteiger partial charge in [-0.05, 0) is 74.0 Å². The van der Waals surface area contributed by atoms with Gasteiger partial charge < -0.3 is 20.1 Å². The molecule has 9 unspecified atom stereocenters. The molecule has 2 bridgehead atoms. The molecule has 5 rings (SSSR count). The van der Waals surface area contributed by atoms with Gasteiger partial charge in [-0.3, -0.25) is 14.4 Å². The molecule has 0 aromatic heterocycles. The van der Waals surface area contributed by atoms with Crippen LogP contribution >= 0.6 is 0 Å². The van der Waals surface area contributed by atoms with E-state index in [1.54, 1.807) is 6.92 Å². The summed E-state index contributed by atoms with van der Waals surface area (Å²) in [6, 6.07) is 0. The molecule has 7 heteroatoms. The molecule has 0 aromatic rings. The van der Waals surface area contributed by atoms with Crippen molar-refractivity contribution in [1.29, 1.82) is 0 Å². The van der Waals surface area contributed by atoms with Crippen LogP contribution in [0.2, 0.25) is 0 Å². The number of esters is 1. The van der Waals surface area contributed by atoms with Gasteiger partial charge in [0, 0.05) is 11.3 Å². The van der Waals surface area contributed by atoms with Gasteiger partial charge in [-0.25, -0.2) is 0 Å². The van der Waals surface area contributed by atoms with Crippen molar-refractivity contribution < 1.29 is 34.4 Å². The van der Waals surface area contributed by atoms with Crippen LogP contribution in [-0.2, 0) is 19.1 Å². The molecule has 0 amide bonds. The number of aliphatic hydroxyl groups excluding tert-OH is 2. The van der Waals surface area contributed by atoms with Gasteiger partial charge in [-0.1, -0.05) is 46.3 Å². The van der Waals surface area contributed by atoms with Crippen molar-refractivity contribution in [2.24, 2.45) is 44.3 Å². The molecule has 3 N–H and O–H groups in total. The van der Waals surface area contributed by atoms with Gasteiger partial charge in [0.2, 0.25) is 0 Å². The number of carbonyl (C=O) groups is 3. The molecule has 0 radical (unpaired) electrons. The second-order valence-electron chi connectivity index (χ2n) is 14.6. The number of aliphatic hydroxyl groups is 2. The molecule has 0 aromatic carbocycles. The van der Waals surface area contributed by atoms with Gasteiger partial charge >= 0.3 is 11.9 Å². The minimum atomic E-state index is -1.15. The summed E-state index contributed by atoms with van der Waals surface area (Å²) in [6.45, 7) is 11.8. The maximum Gasteiger partial charge on any atom is 0.310 e. The third kappa shape index (κ3) is 3.22. The van der Waals surface area contributed by atoms with Crippen LogP contribution < -0.4 is 0 Å². The fourth-order valence-corrected chi connectivity index (χ4v) is 9.54. The average Bonchev–Trinajstić information content (AvgIpc) is 2.83. The van der Waals surface area contributed by atoms with Crippen molar-refractivity contribution in [3.05, 3.63) is 11.6 Å². The van der Waals surface area contributed by atoms with Crippen LogP contribution in [0.5, 0.6) is 0 Å². The third-order valence-corrected chi connectivity index (χ3v) is 12.5. The van der Waals surface area contributed by atoms with Crippen LogP contribution in [0.4, 0.5) is 0 Å². The van der Waals surface area contributed by atoms with Gasteiger partial charge in [0.15, 0.2) is 5.78 Å². The molecule has 5 aliphatic rings. The number of hydrogen-bond donors (Lipinski definition) is 3. The number of Topliss-reactive ketones (excluding diaryl/α,β-unsaturated/α-hetero) is 1. The van der Waals surface area contributed by atoms with Gasteiger partial charge in [-0.2, -0.15) is 0 Å². The summed E-state index contributed by atoms with van der Waals surface area (Å²) in [5.41, 5.74) is -3.69. The summed E-state index contributed by atoms with van der Waals surface area (Å²) >= 11 is 0. The SMILES string of the molecule is CC1(C)CCC2(C(=O)O)CCC3(C)C(=CCC4C5(C)CCC(O)C(C)(COC(=O)CC43C)C5=O)C2C1O. The standard InChI is InChI=1S/C30H44O7/c1-25(2)11-13-30(24(35)36)14-12-28(5)17(21(30)22(25)33)7-8-18-26(3)10-9-19(31)27(4,23(26)34)16-37-20(32)15-29(18,28)6/h7,18-19,21-22,31,33H,8-16H2,1-6H3,(H,35,36). The normalized spacial score (nSPS) is 51.2. The van der Waals surface area contributed by atoms with Crippen molar-refractivity contribution in [2.45, 2.75) is 105 Å². The Bertz CT molecular complexity index is 1080. The lowest BCUT2D eigenvalue weighted by molar-refractivity contribution is -0.185. The molecule has 7 nitrogen and oxygen atoms in total. The summed E-state index contributed by atoms with van der Waals surface area (Å²) in [5.74, 6) is -2.00. The minimum Gasteiger partial charge on any atom is -0.481 e. The van der Waals surface area contributed by atoms with Gasteiger partial charge in [0.25, 0.3) is 0 Å². The summed E-state index contributed by atoms with van der Waals surface area (Å²) < 4.78 is 5.71. The highest BCUT2D eigenvalue weighted by molar-refractivity contribution is 5.92. The van der Waals surface area contributed by atoms with E-state index in [0.29, 0.717) is 44.9 Å². The van der Waals surface area contributed by atoms with E-state index in [2.05, 4.69) is 19.9 Å². The van der Waals surface area contributed by atoms with E-state index >= 15 is 0 Å². The summed E-state index contributed by atoms with van der Waals surface area (Å²) in [5, 5.41) is 33.0. The van der Waals surface area contributed by atoms with Crippen LogP contribution in [0, 0.1) is 44.3 Å². The highest BCUT2D eigenvalue weighted by Gasteiger charge is 2.70. The van der Waals surface area contributed by atoms with Gasteiger partial charge in [0.1, 0.15) is 6.61 Å². The number of allylic oxidation sites excluding steroid dienone is 1. The number of ketones is 1. The maximum absolute atomic E-state index is 14.2. The van der Waals surface area contributed by atoms with Crippen molar-refractivity contribution in [3.8, 4) is 0 Å². The van der Waals surface area contributed by atoms with E-state index in [1.807, 2.05) is 20.8 Å². The molecule has 4 aliphatic carbocycles. The van der Waals surface area contributed by atoms with Crippen LogP contribution in [0.15, 0.2) is 11.6 Å². The summed E-state index contributed by atoms with van der Waals surface area (Å²) in [4.78, 5) is 40.4. The average molecular weight is 517 g/mol. The molecule has 4 fully saturated rings. The van der Waals surface area contributed by atoms with Crippen LogP contribution in [-0.4, -0.2) is 51.9 Å². The Morgan fingerprint density at radius 3 is 2.24 bits per heavy atom. The van der Waals surface area contributed by atoms with E-state index < -0.39 is 56.6 Å². The number of carbonyl (C=O) groups excluding carboxylic acids is 2. The van der Waals surface area contributed by atoms with E-state index in [-0.39, 0.29) is 30.7 Å². The second kappa shape index (κ2) is 7.91. The first-order valence-electron chi connectivity index (χ1n) is 14.0. The van der Waals surface area contributed by atoms with Crippen molar-refractivity contribution >= 4 is 17.7 Å². The van der Waals surface area contributed by atoms with E-state index in [4.69, 9.17) is 4.74 Å². The highest BCUT2D eigenvalue weighted by atomic mass is 16.5. The topological polar surface area (TPSA) is 121 Å². The zero-order valence-corrected chi connectivity index (χ0v) is 23.2. The Morgan fingerprint density at radius 1 is 0.946 bits per heavy atom. The molecule has 1 saturated heterocycles. The predicted molar refractivity (Wildman–Crippen MR) is 136 cm³/mol. The number of rotatable bonds is 1. The van der Waals surface area contributed by atoms with Crippen LogP contribution in [0.3, 0.4) is 0 Å². The molecule has 1 aliphatic heterocycles. The molecule has 9 atom stereocenters. The molecule has 3 saturated carbocycles. The lowest BCUT2D eigenvalue weighted by Gasteiger charge is -2.66. The van der Waals surface area contributed by atoms with Gasteiger partial charge in [0.05, 0.1) is 29.5 Å². The fourth-order valence-electron chi connectivity index (χ4n) is 9.54. The molecule has 37 heavy (non-hydrogen) atoms. The number of aliphatic carboxylic acids is 1. The van der Waals surface area contributed by atoms with Crippen LogP contribution in [0.1, 0.15) is 92.9 Å². The van der Waals surface area contributed by atoms with E-state index in [1.165, 1.54) is 0 Å². The Balaban J connectivity index is 1.70. The number of hydrogen-bond acceptors (Lipinski definition) is 6. The first-order valence-corrected chi connectivity index (χ1v) is 14.0. The monoisotopic (exact) mass is 516 g/mol. The minimum absolute atomic E-state index is 0.0420. The number of carboxylic acids is 1. The number of carboxylic acid groups (broad SMARTS) is 1. The van der Waals surface area contributed by atoms with Crippen molar-refractivity contribution in [3.63, 3.8) is 0 Å². The van der Waals surface area contributed by atoms with E-state index in [0.717, 1.165) is 5.57 Å². The number of cyclic esters (lactones) is 1. The molecule has 0 spiro atoms. The largest absolute Gasteiger partial charge is 0.481 e. The number of ether oxygens (including phenoxy) is 1. The lowest BCUT2D eigenvalue weighted by Crippen LogP contribution is -2.65. The smallest absolute Gasteiger partial charge is 0.310 e. The zero-order chi connectivity index (χ0) is 27.4. The second-order valence-corrected chi connectivity index (χ2v) is 14.6. The molecular weight excluding hydrogens is 472 g/mol. The first kappa shape index (κ1) is 26.9. The molecule has 1 heterocycles. The predicted octanol–water partition coefficient (Wildman–Crippen LogP) is 4.29. The summed E-state index contributed by atoms with van der Waals surface area (Å²) in [6.07, 6.45) is 4.24. The Hall–Kier alpha value is -1.73. The third-order valence-electron chi connectivity index (χ3n) is 12.5. The zero-order valence-electron chi connectivity index (χ0n) is 23.2. The molecular formula is C30H44O7. The summed E-state index contributed by atoms with van der Waals surface area (Å²) in [7, 11) is 0. The first-order chi connectivity index (χ1) is 17.0. The molecule has 206 valence electrons. The number of fused-ring (bicyclic) bond motifs is 8. The lowest BCUT2D eigenvalue weighted by atomic mass is 9.37.